The van der Waals surface area contributed by atoms with Crippen molar-refractivity contribution in [1.82, 2.24) is 0 Å². The summed E-state index contributed by atoms with van der Waals surface area (Å²) in [7, 11) is 0. The molecule has 0 fully saturated rings. The van der Waals surface area contributed by atoms with Gasteiger partial charge in [0.2, 0.25) is 0 Å². The topological polar surface area (TPSA) is 6.48 Å². The molecule has 2 nitrogen and oxygen atoms in total. The van der Waals surface area contributed by atoms with E-state index in [0.29, 0.717) is 0 Å². The van der Waals surface area contributed by atoms with Crippen molar-refractivity contribution in [3.8, 4) is 44.5 Å². The number of nitrogens with zero attached hydrogens (tertiary/aromatic N) is 2. The highest BCUT2D eigenvalue weighted by Crippen LogP contribution is 2.51. The smallest absolute Gasteiger partial charge is 0.0462 e. The van der Waals surface area contributed by atoms with Gasteiger partial charge in [-0.2, -0.15) is 0 Å². The molecule has 0 aromatic heterocycles. The summed E-state index contributed by atoms with van der Waals surface area (Å²) >= 11 is 0. The molecule has 12 aromatic rings. The normalized spacial score (nSPS) is 11.3. The number of anilines is 6. The Labute approximate surface area is 446 Å². The van der Waals surface area contributed by atoms with Gasteiger partial charge in [0, 0.05) is 34.1 Å². The quantitative estimate of drug-likeness (QED) is 0.100. The summed E-state index contributed by atoms with van der Waals surface area (Å²) in [5, 5.41) is 2.43. The van der Waals surface area contributed by atoms with Crippen LogP contribution in [0, 0.1) is 0 Å². The Bertz CT molecular complexity index is 3550. The fourth-order valence-corrected chi connectivity index (χ4v) is 10.4. The van der Waals surface area contributed by atoms with Crippen molar-refractivity contribution in [2.75, 3.05) is 9.80 Å². The third kappa shape index (κ3) is 10.0. The van der Waals surface area contributed by atoms with E-state index in [1.807, 2.05) is 0 Å². The molecule has 0 unspecified atom stereocenters. The van der Waals surface area contributed by atoms with Gasteiger partial charge in [-0.05, 0) is 150 Å². The van der Waals surface area contributed by atoms with E-state index in [2.05, 4.69) is 337 Å². The second-order valence-electron chi connectivity index (χ2n) is 18.9. The average Bonchev–Trinajstić information content (AvgIpc) is 3.58. The summed E-state index contributed by atoms with van der Waals surface area (Å²) in [6, 6.07) is 109. The van der Waals surface area contributed by atoms with Crippen LogP contribution in [0.1, 0.15) is 22.3 Å². The third-order valence-electron chi connectivity index (χ3n) is 14.0. The van der Waals surface area contributed by atoms with Crippen LogP contribution in [0.25, 0.3) is 79.6 Å². The number of fused-ring (bicyclic) bond motifs is 1. The molecule has 360 valence electrons. The molecule has 12 rings (SSSR count). The average molecular weight is 971 g/mol. The zero-order valence-electron chi connectivity index (χ0n) is 42.1. The van der Waals surface area contributed by atoms with E-state index in [1.54, 1.807) is 0 Å². The Balaban J connectivity index is 0.875. The molecule has 76 heavy (non-hydrogen) atoms. The molecular weight excluding hydrogens is 917 g/mol. The van der Waals surface area contributed by atoms with Gasteiger partial charge >= 0.3 is 0 Å². The van der Waals surface area contributed by atoms with E-state index < -0.39 is 0 Å². The zero-order chi connectivity index (χ0) is 50.9. The SMILES string of the molecule is C(=Cc1ccc(N(c2ccccc2)c2ccccc2)cc1)c1ccc(-c2c(-c3ccccc3)c(-c3ccccc3)c(-c3ccc(C=Cc4ccc(N(c5ccccc5)c5ccccc5)cc4)cc3)c3ccccc23)cc1. The van der Waals surface area contributed by atoms with Crippen LogP contribution in [0.5, 0.6) is 0 Å². The first-order valence-electron chi connectivity index (χ1n) is 26.0. The Morgan fingerprint density at radius 2 is 0.382 bits per heavy atom. The minimum absolute atomic E-state index is 1.11. The molecular formula is C74H54N2. The van der Waals surface area contributed by atoms with Crippen molar-refractivity contribution in [3.63, 3.8) is 0 Å². The molecule has 2 heteroatoms. The minimum Gasteiger partial charge on any atom is -0.311 e. The molecule has 0 heterocycles. The van der Waals surface area contributed by atoms with E-state index in [-0.39, 0.29) is 0 Å². The summed E-state index contributed by atoms with van der Waals surface area (Å²) in [5.74, 6) is 0. The van der Waals surface area contributed by atoms with E-state index >= 15 is 0 Å². The Morgan fingerprint density at radius 3 is 0.658 bits per heavy atom. The number of para-hydroxylation sites is 4. The lowest BCUT2D eigenvalue weighted by atomic mass is 9.79. The van der Waals surface area contributed by atoms with E-state index in [1.165, 1.54) is 55.3 Å². The highest BCUT2D eigenvalue weighted by molar-refractivity contribution is 6.18. The summed E-state index contributed by atoms with van der Waals surface area (Å²) in [4.78, 5) is 4.58. The Morgan fingerprint density at radius 1 is 0.171 bits per heavy atom. The van der Waals surface area contributed by atoms with Gasteiger partial charge in [0.05, 0.1) is 0 Å². The molecule has 0 aliphatic carbocycles. The third-order valence-corrected chi connectivity index (χ3v) is 14.0. The van der Waals surface area contributed by atoms with Gasteiger partial charge in [0.15, 0.2) is 0 Å². The lowest BCUT2D eigenvalue weighted by Crippen LogP contribution is -2.09. The monoisotopic (exact) mass is 970 g/mol. The summed E-state index contributed by atoms with van der Waals surface area (Å²) in [6.45, 7) is 0. The standard InChI is InChI=1S/C74H54N2/c1-7-21-59(22-8-1)73-71(61-47-39-55(40-48-61)35-37-57-43-51-67(52-44-57)75(63-25-11-3-12-26-63)64-27-13-4-14-28-64)69-33-19-20-34-70(69)72(74(73)60-23-9-2-10-24-60)62-49-41-56(42-50-62)36-38-58-45-53-68(54-46-58)76(65-29-15-5-16-30-65)66-31-17-6-18-32-66/h1-54H. The molecule has 0 saturated carbocycles. The van der Waals surface area contributed by atoms with Crippen LogP contribution in [0.15, 0.2) is 303 Å². The predicted octanol–water partition coefficient (Wildman–Crippen LogP) is 20.8. The number of benzene rings is 12. The van der Waals surface area contributed by atoms with Crippen molar-refractivity contribution in [2.45, 2.75) is 0 Å². The fraction of sp³-hybridized carbons (Fsp3) is 0. The van der Waals surface area contributed by atoms with Crippen molar-refractivity contribution in [1.29, 1.82) is 0 Å². The number of rotatable bonds is 14. The molecule has 0 bridgehead atoms. The van der Waals surface area contributed by atoms with Gasteiger partial charge in [-0.1, -0.05) is 255 Å². The Hall–Kier alpha value is -10.0. The number of hydrogen-bond donors (Lipinski definition) is 0. The van der Waals surface area contributed by atoms with Crippen molar-refractivity contribution < 1.29 is 0 Å². The largest absolute Gasteiger partial charge is 0.311 e. The number of hydrogen-bond acceptors (Lipinski definition) is 2. The van der Waals surface area contributed by atoms with Gasteiger partial charge in [-0.3, -0.25) is 0 Å². The zero-order valence-corrected chi connectivity index (χ0v) is 42.1. The van der Waals surface area contributed by atoms with E-state index in [9.17, 15) is 0 Å². The molecule has 0 saturated heterocycles. The molecule has 0 N–H and O–H groups in total. The summed E-state index contributed by atoms with van der Waals surface area (Å²) in [5.41, 5.74) is 20.8. The lowest BCUT2D eigenvalue weighted by molar-refractivity contribution is 1.28. The summed E-state index contributed by atoms with van der Waals surface area (Å²) in [6.07, 6.45) is 8.82. The van der Waals surface area contributed by atoms with Crippen LogP contribution in [0.4, 0.5) is 34.1 Å². The molecule has 0 aliphatic heterocycles. The van der Waals surface area contributed by atoms with Crippen LogP contribution >= 0.6 is 0 Å². The second-order valence-corrected chi connectivity index (χ2v) is 18.9. The van der Waals surface area contributed by atoms with E-state index in [4.69, 9.17) is 0 Å². The highest BCUT2D eigenvalue weighted by Gasteiger charge is 2.24. The van der Waals surface area contributed by atoms with Gasteiger partial charge < -0.3 is 9.80 Å². The van der Waals surface area contributed by atoms with E-state index in [0.717, 1.165) is 56.4 Å². The van der Waals surface area contributed by atoms with Gasteiger partial charge in [0.25, 0.3) is 0 Å². The molecule has 0 aliphatic rings. The lowest BCUT2D eigenvalue weighted by Gasteiger charge is -2.25. The first kappa shape index (κ1) is 47.0. The predicted molar refractivity (Wildman–Crippen MR) is 326 cm³/mol. The molecule has 0 atom stereocenters. The van der Waals surface area contributed by atoms with Crippen LogP contribution in [0.2, 0.25) is 0 Å². The van der Waals surface area contributed by atoms with Crippen LogP contribution in [0.3, 0.4) is 0 Å². The molecule has 0 radical (unpaired) electrons. The molecule has 0 spiro atoms. The van der Waals surface area contributed by atoms with Crippen LogP contribution < -0.4 is 9.80 Å². The Kier molecular flexibility index (Phi) is 13.6. The van der Waals surface area contributed by atoms with Crippen molar-refractivity contribution >= 4 is 69.2 Å². The molecule has 12 aromatic carbocycles. The van der Waals surface area contributed by atoms with Crippen molar-refractivity contribution in [2.24, 2.45) is 0 Å². The summed E-state index contributed by atoms with van der Waals surface area (Å²) < 4.78 is 0. The first-order chi connectivity index (χ1) is 37.7. The first-order valence-corrected chi connectivity index (χ1v) is 26.0. The second kappa shape index (κ2) is 22.0. The fourth-order valence-electron chi connectivity index (χ4n) is 10.4. The maximum atomic E-state index is 2.30. The van der Waals surface area contributed by atoms with Gasteiger partial charge in [-0.15, -0.1) is 0 Å². The maximum Gasteiger partial charge on any atom is 0.0462 e. The van der Waals surface area contributed by atoms with Crippen molar-refractivity contribution in [3.05, 3.63) is 326 Å². The molecule has 0 amide bonds. The van der Waals surface area contributed by atoms with Crippen LogP contribution in [-0.4, -0.2) is 0 Å². The minimum atomic E-state index is 1.11. The van der Waals surface area contributed by atoms with Gasteiger partial charge in [-0.25, -0.2) is 0 Å². The van der Waals surface area contributed by atoms with Gasteiger partial charge in [0.1, 0.15) is 0 Å². The van der Waals surface area contributed by atoms with Crippen LogP contribution in [-0.2, 0) is 0 Å². The highest BCUT2D eigenvalue weighted by atomic mass is 15.1. The maximum absolute atomic E-state index is 2.30.